The van der Waals surface area contributed by atoms with Crippen LogP contribution >= 0.6 is 0 Å². The van der Waals surface area contributed by atoms with Crippen molar-refractivity contribution in [2.45, 2.75) is 104 Å². The molecule has 8 heteroatoms. The van der Waals surface area contributed by atoms with Gasteiger partial charge in [0.25, 0.3) is 0 Å². The number of H-pyrrole nitrogens is 1. The van der Waals surface area contributed by atoms with E-state index < -0.39 is 0 Å². The Kier molecular flexibility index (Phi) is 11.1. The van der Waals surface area contributed by atoms with Gasteiger partial charge in [-0.2, -0.15) is 10.3 Å². The fourth-order valence-corrected chi connectivity index (χ4v) is 5.08. The average Bonchev–Trinajstić information content (AvgIpc) is 3.60. The van der Waals surface area contributed by atoms with Crippen molar-refractivity contribution >= 4 is 0 Å². The molecule has 2 heterocycles. The van der Waals surface area contributed by atoms with Crippen molar-refractivity contribution in [1.82, 2.24) is 35.0 Å². The van der Waals surface area contributed by atoms with E-state index in [1.807, 2.05) is 22.8 Å². The van der Waals surface area contributed by atoms with Crippen molar-refractivity contribution in [2.24, 2.45) is 0 Å². The normalized spacial score (nSPS) is 11.3. The first-order valence-electron chi connectivity index (χ1n) is 14.8. The Balaban J connectivity index is 1.48. The third-order valence-corrected chi connectivity index (χ3v) is 7.35. The Morgan fingerprint density at radius 1 is 0.769 bits per heavy atom. The molecule has 4 rings (SSSR count). The monoisotopic (exact) mass is 529 g/mol. The summed E-state index contributed by atoms with van der Waals surface area (Å²) in [6, 6.07) is 16.5. The number of nitrogens with zero attached hydrogens (tertiary/aromatic N) is 6. The lowest BCUT2D eigenvalue weighted by molar-refractivity contribution is 0.514. The summed E-state index contributed by atoms with van der Waals surface area (Å²) in [4.78, 5) is 13.4. The Morgan fingerprint density at radius 3 is 2.13 bits per heavy atom. The lowest BCUT2D eigenvalue weighted by atomic mass is 9.98. The maximum atomic E-state index is 13.4. The molecule has 208 valence electrons. The highest BCUT2D eigenvalue weighted by molar-refractivity contribution is 5.80. The van der Waals surface area contributed by atoms with Crippen molar-refractivity contribution in [3.05, 3.63) is 70.4 Å². The standard InChI is InChI=1S/C31H43N7O/c1-3-5-7-9-10-12-18-29-34-38(23-15-11-8-6-4-2)31(39)37(29)24-25-19-21-26(22-20-25)27-16-13-14-17-28(27)30-32-35-36-33-30/h13-14,16-17,19-22H,3-12,15,18,23-24H2,1-2H3,(H,32,33,35,36). The second-order valence-corrected chi connectivity index (χ2v) is 10.4. The van der Waals surface area contributed by atoms with Crippen LogP contribution in [0.3, 0.4) is 0 Å². The molecule has 0 spiro atoms. The highest BCUT2D eigenvalue weighted by atomic mass is 16.2. The molecule has 0 aliphatic rings. The van der Waals surface area contributed by atoms with Crippen LogP contribution in [0, 0.1) is 0 Å². The molecular formula is C31H43N7O. The van der Waals surface area contributed by atoms with E-state index in [1.54, 1.807) is 4.68 Å². The third kappa shape index (κ3) is 7.97. The van der Waals surface area contributed by atoms with E-state index in [2.05, 4.69) is 64.8 Å². The Labute approximate surface area is 231 Å². The van der Waals surface area contributed by atoms with Crippen LogP contribution in [0.2, 0.25) is 0 Å². The van der Waals surface area contributed by atoms with Crippen LogP contribution in [0.1, 0.15) is 95.9 Å². The number of nitrogens with one attached hydrogen (secondary N) is 1. The van der Waals surface area contributed by atoms with E-state index in [1.165, 1.54) is 51.4 Å². The van der Waals surface area contributed by atoms with Gasteiger partial charge in [0.15, 0.2) is 0 Å². The number of hydrogen-bond acceptors (Lipinski definition) is 5. The summed E-state index contributed by atoms with van der Waals surface area (Å²) in [5.41, 5.74) is 4.14. The number of rotatable bonds is 17. The molecule has 0 atom stereocenters. The molecule has 0 saturated heterocycles. The Hall–Kier alpha value is -3.55. The fourth-order valence-electron chi connectivity index (χ4n) is 5.08. The summed E-state index contributed by atoms with van der Waals surface area (Å²) < 4.78 is 3.59. The number of aromatic amines is 1. The van der Waals surface area contributed by atoms with Gasteiger partial charge < -0.3 is 0 Å². The molecule has 0 saturated carbocycles. The van der Waals surface area contributed by atoms with E-state index in [4.69, 9.17) is 5.10 Å². The molecule has 8 nitrogen and oxygen atoms in total. The minimum atomic E-state index is 0.0120. The summed E-state index contributed by atoms with van der Waals surface area (Å²) >= 11 is 0. The van der Waals surface area contributed by atoms with Gasteiger partial charge in [0.2, 0.25) is 5.82 Å². The van der Waals surface area contributed by atoms with Crippen LogP contribution in [0.25, 0.3) is 22.5 Å². The molecule has 4 aromatic rings. The van der Waals surface area contributed by atoms with Crippen molar-refractivity contribution < 1.29 is 0 Å². The number of tetrazole rings is 1. The smallest absolute Gasteiger partial charge is 0.274 e. The van der Waals surface area contributed by atoms with Gasteiger partial charge in [0.1, 0.15) is 5.82 Å². The molecule has 2 aromatic carbocycles. The first kappa shape index (κ1) is 28.5. The molecule has 0 bridgehead atoms. The van der Waals surface area contributed by atoms with E-state index >= 15 is 0 Å². The highest BCUT2D eigenvalue weighted by Crippen LogP contribution is 2.29. The minimum Gasteiger partial charge on any atom is -0.274 e. The molecule has 2 aromatic heterocycles. The van der Waals surface area contributed by atoms with Gasteiger partial charge in [0.05, 0.1) is 6.54 Å². The summed E-state index contributed by atoms with van der Waals surface area (Å²) in [7, 11) is 0. The van der Waals surface area contributed by atoms with E-state index in [9.17, 15) is 4.79 Å². The van der Waals surface area contributed by atoms with Crippen LogP contribution in [0.4, 0.5) is 0 Å². The molecule has 0 radical (unpaired) electrons. The lowest BCUT2D eigenvalue weighted by Gasteiger charge is -2.09. The molecule has 0 fully saturated rings. The maximum Gasteiger partial charge on any atom is 0.346 e. The number of hydrogen-bond donors (Lipinski definition) is 1. The van der Waals surface area contributed by atoms with Crippen LogP contribution in [0.5, 0.6) is 0 Å². The second-order valence-electron chi connectivity index (χ2n) is 10.4. The zero-order valence-electron chi connectivity index (χ0n) is 23.6. The molecule has 0 unspecified atom stereocenters. The summed E-state index contributed by atoms with van der Waals surface area (Å²) in [6.45, 7) is 5.70. The predicted octanol–water partition coefficient (Wildman–Crippen LogP) is 6.81. The molecule has 1 N–H and O–H groups in total. The number of benzene rings is 2. The summed E-state index contributed by atoms with van der Waals surface area (Å²) in [5.74, 6) is 1.48. The number of aryl methyl sites for hydroxylation is 2. The van der Waals surface area contributed by atoms with E-state index in [-0.39, 0.29) is 5.69 Å². The van der Waals surface area contributed by atoms with Crippen LogP contribution < -0.4 is 5.69 Å². The molecular weight excluding hydrogens is 486 g/mol. The highest BCUT2D eigenvalue weighted by Gasteiger charge is 2.15. The van der Waals surface area contributed by atoms with Gasteiger partial charge in [-0.1, -0.05) is 120 Å². The molecule has 0 aliphatic heterocycles. The van der Waals surface area contributed by atoms with Gasteiger partial charge in [-0.3, -0.25) is 4.57 Å². The number of aromatic nitrogens is 7. The quantitative estimate of drug-likeness (QED) is 0.152. The fraction of sp³-hybridized carbons (Fsp3) is 0.516. The van der Waals surface area contributed by atoms with Gasteiger partial charge in [-0.05, 0) is 34.7 Å². The van der Waals surface area contributed by atoms with Crippen molar-refractivity contribution in [1.29, 1.82) is 0 Å². The Morgan fingerprint density at radius 2 is 1.44 bits per heavy atom. The van der Waals surface area contributed by atoms with Gasteiger partial charge in [-0.25, -0.2) is 9.48 Å². The first-order valence-corrected chi connectivity index (χ1v) is 14.8. The van der Waals surface area contributed by atoms with Crippen molar-refractivity contribution in [3.63, 3.8) is 0 Å². The second kappa shape index (κ2) is 15.1. The van der Waals surface area contributed by atoms with Gasteiger partial charge in [-0.15, -0.1) is 10.2 Å². The largest absolute Gasteiger partial charge is 0.346 e. The van der Waals surface area contributed by atoms with Crippen molar-refractivity contribution in [3.8, 4) is 22.5 Å². The van der Waals surface area contributed by atoms with Crippen LogP contribution in [-0.2, 0) is 19.5 Å². The molecule has 0 aliphatic carbocycles. The van der Waals surface area contributed by atoms with Crippen LogP contribution in [-0.4, -0.2) is 35.0 Å². The summed E-state index contributed by atoms with van der Waals surface area (Å²) in [6.07, 6.45) is 14.0. The number of unbranched alkanes of at least 4 members (excludes halogenated alkanes) is 9. The van der Waals surface area contributed by atoms with Gasteiger partial charge in [0, 0.05) is 18.5 Å². The van der Waals surface area contributed by atoms with Gasteiger partial charge >= 0.3 is 5.69 Å². The Bertz CT molecular complexity index is 1310. The third-order valence-electron chi connectivity index (χ3n) is 7.35. The maximum absolute atomic E-state index is 13.4. The minimum absolute atomic E-state index is 0.0120. The molecule has 39 heavy (non-hydrogen) atoms. The van der Waals surface area contributed by atoms with E-state index in [0.29, 0.717) is 18.9 Å². The van der Waals surface area contributed by atoms with E-state index in [0.717, 1.165) is 53.8 Å². The SMILES string of the molecule is CCCCCCCCc1nn(CCCCCCC)c(=O)n1Cc1ccc(-c2ccccc2-c2nn[nH]n2)cc1. The zero-order valence-corrected chi connectivity index (χ0v) is 23.6. The van der Waals surface area contributed by atoms with Crippen LogP contribution in [0.15, 0.2) is 53.3 Å². The summed E-state index contributed by atoms with van der Waals surface area (Å²) in [5, 5.41) is 19.4. The topological polar surface area (TPSA) is 94.3 Å². The molecule has 0 amide bonds. The van der Waals surface area contributed by atoms with Crippen molar-refractivity contribution in [2.75, 3.05) is 0 Å². The lowest BCUT2D eigenvalue weighted by Crippen LogP contribution is -2.26. The predicted molar refractivity (Wildman–Crippen MR) is 156 cm³/mol. The average molecular weight is 530 g/mol. The first-order chi connectivity index (χ1) is 19.2. The zero-order chi connectivity index (χ0) is 27.3.